The number of hydrogen-bond acceptors (Lipinski definition) is 3. The van der Waals surface area contributed by atoms with Crippen LogP contribution in [0.3, 0.4) is 0 Å². The van der Waals surface area contributed by atoms with E-state index in [2.05, 4.69) is 20.6 Å². The van der Waals surface area contributed by atoms with E-state index in [1.807, 2.05) is 25.3 Å². The van der Waals surface area contributed by atoms with Crippen LogP contribution >= 0.6 is 34.5 Å². The van der Waals surface area contributed by atoms with Crippen molar-refractivity contribution in [1.82, 2.24) is 14.5 Å². The Bertz CT molecular complexity index is 748. The third-order valence-electron chi connectivity index (χ3n) is 3.24. The van der Waals surface area contributed by atoms with Crippen molar-refractivity contribution in [3.63, 3.8) is 0 Å². The molecule has 0 radical (unpaired) electrons. The number of thiophene rings is 1. The van der Waals surface area contributed by atoms with Crippen LogP contribution in [0.4, 0.5) is 0 Å². The molecule has 0 amide bonds. The lowest BCUT2D eigenvalue weighted by Gasteiger charge is -2.05. The normalized spacial score (nSPS) is 11.3. The molecule has 0 atom stereocenters. The third kappa shape index (κ3) is 2.55. The number of aromatic nitrogens is 3. The summed E-state index contributed by atoms with van der Waals surface area (Å²) in [7, 11) is 0. The summed E-state index contributed by atoms with van der Waals surface area (Å²) in [5.41, 5.74) is 2.97. The van der Waals surface area contributed by atoms with Crippen molar-refractivity contribution in [1.29, 1.82) is 0 Å². The van der Waals surface area contributed by atoms with E-state index in [0.29, 0.717) is 5.88 Å². The molecule has 0 aliphatic heterocycles. The van der Waals surface area contributed by atoms with Crippen LogP contribution in [0.15, 0.2) is 24.4 Å². The van der Waals surface area contributed by atoms with Crippen LogP contribution in [-0.4, -0.2) is 14.5 Å². The summed E-state index contributed by atoms with van der Waals surface area (Å²) < 4.78 is 2.92. The maximum Gasteiger partial charge on any atom is 0.160 e. The molecule has 20 heavy (non-hydrogen) atoms. The third-order valence-corrected chi connectivity index (χ3v) is 4.77. The number of alkyl halides is 1. The first-order valence-electron chi connectivity index (χ1n) is 6.30. The topological polar surface area (TPSA) is 30.7 Å². The van der Waals surface area contributed by atoms with Gasteiger partial charge in [0.05, 0.1) is 10.2 Å². The molecule has 3 aromatic heterocycles. The Morgan fingerprint density at radius 1 is 1.30 bits per heavy atom. The molecule has 0 saturated heterocycles. The fourth-order valence-electron chi connectivity index (χ4n) is 2.23. The average Bonchev–Trinajstić information content (AvgIpc) is 3.01. The largest absolute Gasteiger partial charge is 0.311 e. The maximum atomic E-state index is 6.01. The molecule has 0 saturated carbocycles. The monoisotopic (exact) mass is 325 g/mol. The second kappa shape index (κ2) is 5.72. The van der Waals surface area contributed by atoms with E-state index in [1.54, 1.807) is 11.3 Å². The van der Waals surface area contributed by atoms with Crippen LogP contribution < -0.4 is 0 Å². The number of pyridine rings is 1. The Hall–Kier alpha value is -1.10. The number of nitrogens with zero attached hydrogens (tertiary/aromatic N) is 3. The van der Waals surface area contributed by atoms with Crippen molar-refractivity contribution >= 4 is 45.7 Å². The Kier molecular flexibility index (Phi) is 3.96. The van der Waals surface area contributed by atoms with E-state index < -0.39 is 0 Å². The minimum absolute atomic E-state index is 0.390. The van der Waals surface area contributed by atoms with Gasteiger partial charge in [0.15, 0.2) is 5.65 Å². The number of imidazole rings is 1. The Balaban J connectivity index is 1.95. The van der Waals surface area contributed by atoms with E-state index in [-0.39, 0.29) is 0 Å². The number of halogens is 2. The highest BCUT2D eigenvalue weighted by atomic mass is 35.5. The van der Waals surface area contributed by atoms with Crippen molar-refractivity contribution in [2.75, 3.05) is 0 Å². The standard InChI is InChI=1S/C14H13Cl2N3S/c1-9-4-6-17-14-13(9)18-12(8-15)19(14)7-5-10-2-3-11(16)20-10/h2-4,6H,5,7-8H2,1H3. The maximum absolute atomic E-state index is 6.01. The molecule has 0 aliphatic carbocycles. The molecule has 0 bridgehead atoms. The van der Waals surface area contributed by atoms with Crippen molar-refractivity contribution in [3.8, 4) is 0 Å². The van der Waals surface area contributed by atoms with Gasteiger partial charge in [-0.15, -0.1) is 22.9 Å². The first-order valence-corrected chi connectivity index (χ1v) is 8.03. The molecular formula is C14H13Cl2N3S. The van der Waals surface area contributed by atoms with Gasteiger partial charge in [-0.3, -0.25) is 0 Å². The summed E-state index contributed by atoms with van der Waals surface area (Å²) >= 11 is 13.6. The lowest BCUT2D eigenvalue weighted by Crippen LogP contribution is -2.05. The minimum atomic E-state index is 0.390. The molecular weight excluding hydrogens is 313 g/mol. The van der Waals surface area contributed by atoms with Gasteiger partial charge in [-0.2, -0.15) is 0 Å². The van der Waals surface area contributed by atoms with Crippen LogP contribution in [0, 0.1) is 6.92 Å². The minimum Gasteiger partial charge on any atom is -0.311 e. The van der Waals surface area contributed by atoms with Crippen LogP contribution in [0.1, 0.15) is 16.3 Å². The van der Waals surface area contributed by atoms with Crippen LogP contribution in [0.25, 0.3) is 11.2 Å². The molecule has 0 N–H and O–H groups in total. The van der Waals surface area contributed by atoms with Crippen molar-refractivity contribution in [2.24, 2.45) is 0 Å². The molecule has 6 heteroatoms. The van der Waals surface area contributed by atoms with Crippen molar-refractivity contribution in [3.05, 3.63) is 45.0 Å². The fraction of sp³-hybridized carbons (Fsp3) is 0.286. The Morgan fingerprint density at radius 3 is 2.85 bits per heavy atom. The quantitative estimate of drug-likeness (QED) is 0.664. The second-order valence-corrected chi connectivity index (χ2v) is 6.64. The van der Waals surface area contributed by atoms with Gasteiger partial charge in [0.25, 0.3) is 0 Å². The Labute approximate surface area is 131 Å². The zero-order valence-electron chi connectivity index (χ0n) is 10.9. The van der Waals surface area contributed by atoms with Crippen molar-refractivity contribution in [2.45, 2.75) is 25.8 Å². The van der Waals surface area contributed by atoms with Gasteiger partial charge in [0.2, 0.25) is 0 Å². The lowest BCUT2D eigenvalue weighted by atomic mass is 10.3. The molecule has 104 valence electrons. The highest BCUT2D eigenvalue weighted by Crippen LogP contribution is 2.24. The zero-order chi connectivity index (χ0) is 14.1. The van der Waals surface area contributed by atoms with Gasteiger partial charge in [-0.25, -0.2) is 9.97 Å². The van der Waals surface area contributed by atoms with E-state index in [4.69, 9.17) is 23.2 Å². The SMILES string of the molecule is Cc1ccnc2c1nc(CCl)n2CCc1ccc(Cl)s1. The van der Waals surface area contributed by atoms with Crippen LogP contribution in [0.5, 0.6) is 0 Å². The molecule has 3 nitrogen and oxygen atoms in total. The van der Waals surface area contributed by atoms with E-state index in [9.17, 15) is 0 Å². The van der Waals surface area contributed by atoms with Crippen LogP contribution in [-0.2, 0) is 18.8 Å². The van der Waals surface area contributed by atoms with Crippen LogP contribution in [0.2, 0.25) is 4.34 Å². The molecule has 0 fully saturated rings. The smallest absolute Gasteiger partial charge is 0.160 e. The summed E-state index contributed by atoms with van der Waals surface area (Å²) in [5.74, 6) is 1.26. The summed E-state index contributed by atoms with van der Waals surface area (Å²) in [6.45, 7) is 2.85. The van der Waals surface area contributed by atoms with Gasteiger partial charge < -0.3 is 4.57 Å². The van der Waals surface area contributed by atoms with E-state index in [1.165, 1.54) is 4.88 Å². The average molecular weight is 326 g/mol. The fourth-order valence-corrected chi connectivity index (χ4v) is 3.51. The number of hydrogen-bond donors (Lipinski definition) is 0. The number of rotatable bonds is 4. The van der Waals surface area contributed by atoms with Gasteiger partial charge >= 0.3 is 0 Å². The number of aryl methyl sites for hydroxylation is 3. The first kappa shape index (κ1) is 13.9. The summed E-state index contributed by atoms with van der Waals surface area (Å²) in [4.78, 5) is 10.3. The molecule has 0 spiro atoms. The second-order valence-electron chi connectivity index (χ2n) is 4.57. The Morgan fingerprint density at radius 2 is 2.15 bits per heavy atom. The molecule has 0 aliphatic rings. The van der Waals surface area contributed by atoms with E-state index in [0.717, 1.165) is 39.9 Å². The highest BCUT2D eigenvalue weighted by Gasteiger charge is 2.12. The predicted octanol–water partition coefficient (Wildman–Crippen LogP) is 4.44. The predicted molar refractivity (Wildman–Crippen MR) is 84.9 cm³/mol. The van der Waals surface area contributed by atoms with Gasteiger partial charge in [-0.05, 0) is 37.1 Å². The molecule has 0 unspecified atom stereocenters. The van der Waals surface area contributed by atoms with Crippen molar-refractivity contribution < 1.29 is 0 Å². The highest BCUT2D eigenvalue weighted by molar-refractivity contribution is 7.16. The summed E-state index contributed by atoms with van der Waals surface area (Å²) in [5, 5.41) is 0. The zero-order valence-corrected chi connectivity index (χ0v) is 13.3. The van der Waals surface area contributed by atoms with Gasteiger partial charge in [0, 0.05) is 17.6 Å². The van der Waals surface area contributed by atoms with Gasteiger partial charge in [-0.1, -0.05) is 11.6 Å². The molecule has 3 heterocycles. The van der Waals surface area contributed by atoms with Gasteiger partial charge in [0.1, 0.15) is 11.3 Å². The first-order chi connectivity index (χ1) is 9.69. The lowest BCUT2D eigenvalue weighted by molar-refractivity contribution is 0.687. The number of fused-ring (bicyclic) bond motifs is 1. The summed E-state index contributed by atoms with van der Waals surface area (Å²) in [6, 6.07) is 5.96. The van der Waals surface area contributed by atoms with E-state index >= 15 is 0 Å². The molecule has 3 rings (SSSR count). The molecule has 0 aromatic carbocycles. The summed E-state index contributed by atoms with van der Waals surface area (Å²) in [6.07, 6.45) is 2.72. The molecule has 3 aromatic rings.